The van der Waals surface area contributed by atoms with Gasteiger partial charge in [-0.3, -0.25) is 9.88 Å². The van der Waals surface area contributed by atoms with Crippen LogP contribution in [0.15, 0.2) is 30.5 Å². The summed E-state index contributed by atoms with van der Waals surface area (Å²) in [6.45, 7) is 2.47. The number of rotatable bonds is 4. The summed E-state index contributed by atoms with van der Waals surface area (Å²) < 4.78 is 19.3. The predicted octanol–water partition coefficient (Wildman–Crippen LogP) is 2.46. The van der Waals surface area contributed by atoms with Crippen LogP contribution in [0.3, 0.4) is 0 Å². The summed E-state index contributed by atoms with van der Waals surface area (Å²) in [6, 6.07) is 7.31. The standard InChI is InChI=1S/C20H25FN2O3/c1-12(21)20(25)11-23-8-6-13(20)9-18(23)19(24)15-5-7-22-17-4-3-14(26-2)10-16(15)17/h3-5,7,10,12-13,18-19,24-25H,6,8-9,11H2,1-2H3/t12?,13-,18-,19+,20+/m0/s1. The van der Waals surface area contributed by atoms with Crippen LogP contribution in [0, 0.1) is 5.92 Å². The fraction of sp³-hybridized carbons (Fsp3) is 0.550. The van der Waals surface area contributed by atoms with Gasteiger partial charge < -0.3 is 14.9 Å². The molecule has 0 spiro atoms. The van der Waals surface area contributed by atoms with E-state index in [9.17, 15) is 14.6 Å². The van der Waals surface area contributed by atoms with Crippen molar-refractivity contribution in [3.8, 4) is 5.75 Å². The molecule has 0 aliphatic carbocycles. The molecule has 3 fully saturated rings. The van der Waals surface area contributed by atoms with Crippen LogP contribution in [0.5, 0.6) is 5.75 Å². The Hall–Kier alpha value is -1.76. The van der Waals surface area contributed by atoms with E-state index in [1.54, 1.807) is 13.3 Å². The van der Waals surface area contributed by atoms with Crippen molar-refractivity contribution >= 4 is 10.9 Å². The lowest BCUT2D eigenvalue weighted by molar-refractivity contribution is -0.178. The van der Waals surface area contributed by atoms with Gasteiger partial charge in [-0.25, -0.2) is 4.39 Å². The molecule has 2 aromatic rings. The number of hydrogen-bond acceptors (Lipinski definition) is 5. The zero-order chi connectivity index (χ0) is 18.5. The van der Waals surface area contributed by atoms with E-state index in [0.29, 0.717) is 12.2 Å². The number of aliphatic hydroxyl groups is 2. The smallest absolute Gasteiger partial charge is 0.127 e. The summed E-state index contributed by atoms with van der Waals surface area (Å²) in [5, 5.41) is 22.7. The van der Waals surface area contributed by atoms with E-state index in [4.69, 9.17) is 4.74 Å². The zero-order valence-electron chi connectivity index (χ0n) is 15.1. The molecule has 0 saturated carbocycles. The average molecular weight is 360 g/mol. The van der Waals surface area contributed by atoms with Crippen molar-refractivity contribution in [2.75, 3.05) is 20.2 Å². The minimum atomic E-state index is -1.31. The molecule has 6 heteroatoms. The van der Waals surface area contributed by atoms with E-state index in [0.717, 1.165) is 29.4 Å². The molecule has 0 radical (unpaired) electrons. The molecule has 3 aliphatic rings. The SMILES string of the molecule is COc1ccc2nccc([C@@H](O)[C@@H]3C[C@@H]4CCN3C[C@@]4(O)C(C)F)c2c1. The highest BCUT2D eigenvalue weighted by Crippen LogP contribution is 2.45. The highest BCUT2D eigenvalue weighted by atomic mass is 19.1. The first kappa shape index (κ1) is 17.6. The number of benzene rings is 1. The quantitative estimate of drug-likeness (QED) is 0.877. The van der Waals surface area contributed by atoms with Gasteiger partial charge in [-0.1, -0.05) is 0 Å². The number of piperidine rings is 3. The Morgan fingerprint density at radius 1 is 1.38 bits per heavy atom. The molecule has 140 valence electrons. The summed E-state index contributed by atoms with van der Waals surface area (Å²) >= 11 is 0. The van der Waals surface area contributed by atoms with Crippen molar-refractivity contribution in [1.82, 2.24) is 9.88 Å². The first-order valence-corrected chi connectivity index (χ1v) is 9.15. The summed E-state index contributed by atoms with van der Waals surface area (Å²) in [5.74, 6) is 0.583. The zero-order valence-corrected chi connectivity index (χ0v) is 15.1. The van der Waals surface area contributed by atoms with Gasteiger partial charge >= 0.3 is 0 Å². The maximum Gasteiger partial charge on any atom is 0.127 e. The van der Waals surface area contributed by atoms with Crippen molar-refractivity contribution in [1.29, 1.82) is 0 Å². The van der Waals surface area contributed by atoms with E-state index >= 15 is 0 Å². The Kier molecular flexibility index (Phi) is 4.37. The number of hydrogen-bond donors (Lipinski definition) is 2. The third-order valence-electron chi connectivity index (χ3n) is 6.28. The normalized spacial score (nSPS) is 33.2. The summed E-state index contributed by atoms with van der Waals surface area (Å²) in [7, 11) is 1.61. The second-order valence-electron chi connectivity index (χ2n) is 7.59. The highest BCUT2D eigenvalue weighted by Gasteiger charge is 2.53. The molecule has 0 amide bonds. The van der Waals surface area contributed by atoms with Crippen LogP contribution >= 0.6 is 0 Å². The number of aromatic nitrogens is 1. The van der Waals surface area contributed by atoms with Crippen LogP contribution in [0.25, 0.3) is 10.9 Å². The number of fused-ring (bicyclic) bond motifs is 4. The van der Waals surface area contributed by atoms with Crippen molar-refractivity contribution in [3.05, 3.63) is 36.0 Å². The van der Waals surface area contributed by atoms with Crippen LogP contribution in [0.1, 0.15) is 31.4 Å². The van der Waals surface area contributed by atoms with E-state index < -0.39 is 17.9 Å². The second kappa shape index (κ2) is 6.44. The van der Waals surface area contributed by atoms with E-state index in [-0.39, 0.29) is 18.5 Å². The molecule has 2 bridgehead atoms. The van der Waals surface area contributed by atoms with Crippen molar-refractivity contribution in [2.24, 2.45) is 5.92 Å². The molecule has 6 atom stereocenters. The van der Waals surface area contributed by atoms with Gasteiger partial charge in [-0.05, 0) is 62.1 Å². The van der Waals surface area contributed by atoms with Crippen LogP contribution < -0.4 is 4.74 Å². The van der Waals surface area contributed by atoms with Crippen LogP contribution in [-0.4, -0.2) is 58.1 Å². The van der Waals surface area contributed by atoms with E-state index in [1.807, 2.05) is 29.2 Å². The number of nitrogens with zero attached hydrogens (tertiary/aromatic N) is 2. The van der Waals surface area contributed by atoms with Gasteiger partial charge in [0.15, 0.2) is 0 Å². The number of aliphatic hydroxyl groups excluding tert-OH is 1. The molecule has 1 aromatic carbocycles. The monoisotopic (exact) mass is 360 g/mol. The third-order valence-corrected chi connectivity index (χ3v) is 6.28. The minimum Gasteiger partial charge on any atom is -0.497 e. The van der Waals surface area contributed by atoms with Crippen molar-refractivity contribution < 1.29 is 19.3 Å². The number of halogens is 1. The lowest BCUT2D eigenvalue weighted by atomic mass is 9.69. The fourth-order valence-corrected chi connectivity index (χ4v) is 4.67. The maximum absolute atomic E-state index is 14.0. The van der Waals surface area contributed by atoms with E-state index in [1.165, 1.54) is 6.92 Å². The molecule has 26 heavy (non-hydrogen) atoms. The maximum atomic E-state index is 14.0. The lowest BCUT2D eigenvalue weighted by Gasteiger charge is -2.55. The van der Waals surface area contributed by atoms with Crippen molar-refractivity contribution in [3.63, 3.8) is 0 Å². The molecule has 2 unspecified atom stereocenters. The Morgan fingerprint density at radius 2 is 2.19 bits per heavy atom. The van der Waals surface area contributed by atoms with Gasteiger partial charge in [0.05, 0.1) is 18.7 Å². The summed E-state index contributed by atoms with van der Waals surface area (Å²) in [6.07, 6.45) is 1.04. The molecule has 5 nitrogen and oxygen atoms in total. The van der Waals surface area contributed by atoms with Gasteiger partial charge in [0.25, 0.3) is 0 Å². The van der Waals surface area contributed by atoms with Crippen molar-refractivity contribution in [2.45, 2.75) is 43.7 Å². The number of methoxy groups -OCH3 is 1. The number of alkyl halides is 1. The Balaban J connectivity index is 1.67. The molecular formula is C20H25FN2O3. The van der Waals surface area contributed by atoms with Gasteiger partial charge in [-0.15, -0.1) is 0 Å². The summed E-state index contributed by atoms with van der Waals surface area (Å²) in [4.78, 5) is 6.40. The highest BCUT2D eigenvalue weighted by molar-refractivity contribution is 5.83. The third kappa shape index (κ3) is 2.68. The van der Waals surface area contributed by atoms with E-state index in [2.05, 4.69) is 4.98 Å². The Bertz CT molecular complexity index is 815. The first-order valence-electron chi connectivity index (χ1n) is 9.15. The predicted molar refractivity (Wildman–Crippen MR) is 96.9 cm³/mol. The first-order chi connectivity index (χ1) is 12.4. The number of ether oxygens (including phenoxy) is 1. The Labute approximate surface area is 152 Å². The topological polar surface area (TPSA) is 65.8 Å². The summed E-state index contributed by atoms with van der Waals surface area (Å²) in [5.41, 5.74) is 0.286. The van der Waals surface area contributed by atoms with Gasteiger partial charge in [-0.2, -0.15) is 0 Å². The Morgan fingerprint density at radius 3 is 2.85 bits per heavy atom. The van der Waals surface area contributed by atoms with Crippen LogP contribution in [0.4, 0.5) is 4.39 Å². The van der Waals surface area contributed by atoms with Gasteiger partial charge in [0.2, 0.25) is 0 Å². The second-order valence-corrected chi connectivity index (χ2v) is 7.59. The number of pyridine rings is 1. The van der Waals surface area contributed by atoms with Crippen LogP contribution in [-0.2, 0) is 0 Å². The lowest BCUT2D eigenvalue weighted by Crippen LogP contribution is -2.66. The van der Waals surface area contributed by atoms with Gasteiger partial charge in [0, 0.05) is 24.2 Å². The molecule has 3 saturated heterocycles. The fourth-order valence-electron chi connectivity index (χ4n) is 4.67. The molecule has 3 aliphatic heterocycles. The molecule has 4 heterocycles. The van der Waals surface area contributed by atoms with Gasteiger partial charge in [0.1, 0.15) is 17.5 Å². The van der Waals surface area contributed by atoms with Crippen LogP contribution in [0.2, 0.25) is 0 Å². The molecule has 1 aromatic heterocycles. The molecule has 5 rings (SSSR count). The molecular weight excluding hydrogens is 335 g/mol. The average Bonchev–Trinajstić information content (AvgIpc) is 2.66. The largest absolute Gasteiger partial charge is 0.497 e. The molecule has 2 N–H and O–H groups in total. The minimum absolute atomic E-state index is 0.130.